The van der Waals surface area contributed by atoms with E-state index in [1.165, 1.54) is 0 Å². The summed E-state index contributed by atoms with van der Waals surface area (Å²) < 4.78 is 16.4. The largest absolute Gasteiger partial charge is 0.481 e. The van der Waals surface area contributed by atoms with Gasteiger partial charge < -0.3 is 19.1 Å². The molecule has 5 nitrogen and oxygen atoms in total. The van der Waals surface area contributed by atoms with Gasteiger partial charge in [0.05, 0.1) is 0 Å². The predicted molar refractivity (Wildman–Crippen MR) is 90.3 cm³/mol. The zero-order valence-corrected chi connectivity index (χ0v) is 14.1. The zero-order chi connectivity index (χ0) is 17.1. The number of rotatable bonds is 5. The van der Waals surface area contributed by atoms with Crippen molar-refractivity contribution in [2.24, 2.45) is 0 Å². The van der Waals surface area contributed by atoms with Gasteiger partial charge in [-0.05, 0) is 49.2 Å². The lowest BCUT2D eigenvalue weighted by Crippen LogP contribution is -2.37. The minimum Gasteiger partial charge on any atom is -0.481 e. The van der Waals surface area contributed by atoms with Gasteiger partial charge in [0.25, 0.3) is 5.91 Å². The summed E-state index contributed by atoms with van der Waals surface area (Å²) in [5.41, 5.74) is 2.08. The standard InChI is InChI=1S/C19H21NO4/c1-13-5-4-6-16(9-13)24-14(2)19(21)20(3)11-15-7-8-17-18(10-15)23-12-22-17/h4-10,14H,11-12H2,1-3H3/t14-/m1/s1. The number of likely N-dealkylation sites (N-methyl/N-ethyl adjacent to an activating group) is 1. The Bertz CT molecular complexity index is 744. The Morgan fingerprint density at radius 3 is 2.79 bits per heavy atom. The molecule has 0 saturated carbocycles. The van der Waals surface area contributed by atoms with Crippen LogP contribution in [-0.2, 0) is 11.3 Å². The second-order valence-electron chi connectivity index (χ2n) is 5.96. The highest BCUT2D eigenvalue weighted by Gasteiger charge is 2.20. The third kappa shape index (κ3) is 3.62. The quantitative estimate of drug-likeness (QED) is 0.846. The molecule has 0 aromatic heterocycles. The number of nitrogens with zero attached hydrogens (tertiary/aromatic N) is 1. The Labute approximate surface area is 141 Å². The van der Waals surface area contributed by atoms with Crippen LogP contribution in [0, 0.1) is 6.92 Å². The second kappa shape index (κ2) is 6.83. The fourth-order valence-electron chi connectivity index (χ4n) is 2.64. The van der Waals surface area contributed by atoms with Crippen molar-refractivity contribution < 1.29 is 19.0 Å². The molecular formula is C19H21NO4. The molecule has 2 aromatic rings. The van der Waals surface area contributed by atoms with Crippen LogP contribution in [0.3, 0.4) is 0 Å². The van der Waals surface area contributed by atoms with Gasteiger partial charge in [0.2, 0.25) is 6.79 Å². The minimum absolute atomic E-state index is 0.0748. The van der Waals surface area contributed by atoms with E-state index in [-0.39, 0.29) is 12.7 Å². The third-order valence-corrected chi connectivity index (χ3v) is 3.88. The van der Waals surface area contributed by atoms with E-state index in [4.69, 9.17) is 14.2 Å². The molecule has 3 rings (SSSR count). The Hall–Kier alpha value is -2.69. The summed E-state index contributed by atoms with van der Waals surface area (Å²) in [7, 11) is 1.77. The zero-order valence-electron chi connectivity index (χ0n) is 14.1. The fraction of sp³-hybridized carbons (Fsp3) is 0.316. The topological polar surface area (TPSA) is 48.0 Å². The maximum Gasteiger partial charge on any atom is 0.263 e. The molecule has 126 valence electrons. The average Bonchev–Trinajstić information content (AvgIpc) is 3.01. The molecule has 1 aliphatic rings. The lowest BCUT2D eigenvalue weighted by Gasteiger charge is -2.22. The monoisotopic (exact) mass is 327 g/mol. The molecule has 0 saturated heterocycles. The van der Waals surface area contributed by atoms with Gasteiger partial charge >= 0.3 is 0 Å². The van der Waals surface area contributed by atoms with Crippen LogP contribution in [0.25, 0.3) is 0 Å². The molecule has 0 N–H and O–H groups in total. The van der Waals surface area contributed by atoms with Crippen LogP contribution in [0.4, 0.5) is 0 Å². The molecule has 5 heteroatoms. The molecule has 24 heavy (non-hydrogen) atoms. The van der Waals surface area contributed by atoms with Gasteiger partial charge in [0, 0.05) is 13.6 Å². The van der Waals surface area contributed by atoms with Crippen molar-refractivity contribution in [2.45, 2.75) is 26.5 Å². The summed E-state index contributed by atoms with van der Waals surface area (Å²) in [5.74, 6) is 2.09. The first-order chi connectivity index (χ1) is 11.5. The summed E-state index contributed by atoms with van der Waals surface area (Å²) >= 11 is 0. The van der Waals surface area contributed by atoms with Crippen LogP contribution >= 0.6 is 0 Å². The average molecular weight is 327 g/mol. The number of carbonyl (C=O) groups excluding carboxylic acids is 1. The van der Waals surface area contributed by atoms with E-state index in [1.807, 2.05) is 49.4 Å². The van der Waals surface area contributed by atoms with E-state index < -0.39 is 6.10 Å². The van der Waals surface area contributed by atoms with Crippen molar-refractivity contribution in [1.82, 2.24) is 4.90 Å². The maximum atomic E-state index is 12.5. The number of fused-ring (bicyclic) bond motifs is 1. The van der Waals surface area contributed by atoms with Crippen molar-refractivity contribution in [3.8, 4) is 17.2 Å². The van der Waals surface area contributed by atoms with E-state index in [0.717, 1.165) is 22.6 Å². The van der Waals surface area contributed by atoms with Gasteiger partial charge in [-0.15, -0.1) is 0 Å². The Morgan fingerprint density at radius 1 is 1.21 bits per heavy atom. The highest BCUT2D eigenvalue weighted by atomic mass is 16.7. The minimum atomic E-state index is -0.550. The smallest absolute Gasteiger partial charge is 0.263 e. The normalized spacial score (nSPS) is 13.5. The molecule has 1 heterocycles. The Morgan fingerprint density at radius 2 is 2.00 bits per heavy atom. The van der Waals surface area contributed by atoms with Crippen LogP contribution < -0.4 is 14.2 Å². The van der Waals surface area contributed by atoms with Crippen molar-refractivity contribution >= 4 is 5.91 Å². The first-order valence-corrected chi connectivity index (χ1v) is 7.90. The molecule has 0 radical (unpaired) electrons. The van der Waals surface area contributed by atoms with Crippen LogP contribution in [0.5, 0.6) is 17.2 Å². The van der Waals surface area contributed by atoms with Crippen molar-refractivity contribution in [3.05, 3.63) is 53.6 Å². The van der Waals surface area contributed by atoms with Crippen LogP contribution in [0.1, 0.15) is 18.1 Å². The summed E-state index contributed by atoms with van der Waals surface area (Å²) in [6, 6.07) is 13.4. The highest BCUT2D eigenvalue weighted by Crippen LogP contribution is 2.32. The number of hydrogen-bond donors (Lipinski definition) is 0. The molecular weight excluding hydrogens is 306 g/mol. The maximum absolute atomic E-state index is 12.5. The van der Waals surface area contributed by atoms with Crippen LogP contribution in [0.15, 0.2) is 42.5 Å². The SMILES string of the molecule is Cc1cccc(O[C@H](C)C(=O)N(C)Cc2ccc3c(c2)OCO3)c1. The molecule has 0 fully saturated rings. The molecule has 1 aliphatic heterocycles. The summed E-state index contributed by atoms with van der Waals surface area (Å²) in [4.78, 5) is 14.2. The van der Waals surface area contributed by atoms with E-state index in [1.54, 1.807) is 18.9 Å². The van der Waals surface area contributed by atoms with Crippen molar-refractivity contribution in [3.63, 3.8) is 0 Å². The van der Waals surface area contributed by atoms with E-state index >= 15 is 0 Å². The Balaban J connectivity index is 1.61. The first kappa shape index (κ1) is 16.2. The van der Waals surface area contributed by atoms with Gasteiger partial charge in [-0.25, -0.2) is 0 Å². The second-order valence-corrected chi connectivity index (χ2v) is 5.96. The molecule has 0 spiro atoms. The summed E-state index contributed by atoms with van der Waals surface area (Å²) in [6.45, 7) is 4.48. The number of aryl methyl sites for hydroxylation is 1. The van der Waals surface area contributed by atoms with Crippen molar-refractivity contribution in [2.75, 3.05) is 13.8 Å². The van der Waals surface area contributed by atoms with E-state index in [0.29, 0.717) is 12.3 Å². The summed E-state index contributed by atoms with van der Waals surface area (Å²) in [6.07, 6.45) is -0.550. The number of benzene rings is 2. The number of carbonyl (C=O) groups is 1. The summed E-state index contributed by atoms with van der Waals surface area (Å²) in [5, 5.41) is 0. The number of hydrogen-bond acceptors (Lipinski definition) is 4. The van der Waals surface area contributed by atoms with Gasteiger partial charge in [-0.1, -0.05) is 18.2 Å². The fourth-order valence-corrected chi connectivity index (χ4v) is 2.64. The molecule has 0 bridgehead atoms. The highest BCUT2D eigenvalue weighted by molar-refractivity contribution is 5.80. The van der Waals surface area contributed by atoms with Gasteiger partial charge in [-0.3, -0.25) is 4.79 Å². The Kier molecular flexibility index (Phi) is 4.60. The first-order valence-electron chi connectivity index (χ1n) is 7.90. The van der Waals surface area contributed by atoms with Crippen LogP contribution in [-0.4, -0.2) is 30.8 Å². The van der Waals surface area contributed by atoms with Gasteiger partial charge in [0.1, 0.15) is 5.75 Å². The van der Waals surface area contributed by atoms with Gasteiger partial charge in [0.15, 0.2) is 17.6 Å². The van der Waals surface area contributed by atoms with Gasteiger partial charge in [-0.2, -0.15) is 0 Å². The lowest BCUT2D eigenvalue weighted by atomic mass is 10.2. The predicted octanol–water partition coefficient (Wildman–Crippen LogP) is 3.15. The number of ether oxygens (including phenoxy) is 3. The molecule has 0 aliphatic carbocycles. The van der Waals surface area contributed by atoms with Crippen LogP contribution in [0.2, 0.25) is 0 Å². The third-order valence-electron chi connectivity index (χ3n) is 3.88. The molecule has 2 aromatic carbocycles. The van der Waals surface area contributed by atoms with E-state index in [9.17, 15) is 4.79 Å². The molecule has 0 unspecified atom stereocenters. The lowest BCUT2D eigenvalue weighted by molar-refractivity contribution is -0.137. The molecule has 1 amide bonds. The van der Waals surface area contributed by atoms with E-state index in [2.05, 4.69) is 0 Å². The number of amides is 1. The molecule has 1 atom stereocenters. The van der Waals surface area contributed by atoms with Crippen molar-refractivity contribution in [1.29, 1.82) is 0 Å².